The van der Waals surface area contributed by atoms with E-state index in [1.165, 1.54) is 0 Å². The maximum Gasteiger partial charge on any atom is 0.213 e. The molecule has 0 spiro atoms. The van der Waals surface area contributed by atoms with Crippen LogP contribution in [0.4, 0.5) is 0 Å². The van der Waals surface area contributed by atoms with Crippen LogP contribution in [0, 0.1) is 0 Å². The number of nitrogens with one attached hydrogen (secondary N) is 2. The van der Waals surface area contributed by atoms with Crippen LogP contribution in [0.5, 0.6) is 0 Å². The molecule has 1 atom stereocenters. The second kappa shape index (κ2) is 7.23. The zero-order valence-electron chi connectivity index (χ0n) is 16.0. The minimum absolute atomic E-state index is 0.0247. The number of benzene rings is 1. The first-order valence-electron chi connectivity index (χ1n) is 8.77. The van der Waals surface area contributed by atoms with Gasteiger partial charge in [0.05, 0.1) is 18.8 Å². The minimum atomic E-state index is -0.0546. The van der Waals surface area contributed by atoms with Gasteiger partial charge in [0.1, 0.15) is 17.1 Å². The second-order valence-corrected chi connectivity index (χ2v) is 7.35. The van der Waals surface area contributed by atoms with Crippen molar-refractivity contribution in [2.24, 2.45) is 4.99 Å². The van der Waals surface area contributed by atoms with Gasteiger partial charge in [-0.15, -0.1) is 0 Å². The van der Waals surface area contributed by atoms with Crippen molar-refractivity contribution >= 4 is 16.9 Å². The molecule has 0 aliphatic heterocycles. The fourth-order valence-electron chi connectivity index (χ4n) is 2.58. The van der Waals surface area contributed by atoms with Crippen LogP contribution < -0.4 is 10.6 Å². The topological polar surface area (TPSA) is 75.6 Å². The zero-order chi connectivity index (χ0) is 18.7. The molecule has 6 heteroatoms. The van der Waals surface area contributed by atoms with Gasteiger partial charge in [-0.3, -0.25) is 4.99 Å². The van der Waals surface area contributed by atoms with E-state index in [1.807, 2.05) is 37.3 Å². The SMILES string of the molecule is CN=C(NCc1ncc(C(C)(C)C)o1)NC(C)c1cc2ccccc2o1. The minimum Gasteiger partial charge on any atom is -0.459 e. The predicted octanol–water partition coefficient (Wildman–Crippen LogP) is 4.14. The smallest absolute Gasteiger partial charge is 0.213 e. The van der Waals surface area contributed by atoms with E-state index in [0.29, 0.717) is 18.4 Å². The van der Waals surface area contributed by atoms with E-state index in [0.717, 1.165) is 22.5 Å². The molecule has 2 N–H and O–H groups in total. The van der Waals surface area contributed by atoms with Crippen LogP contribution in [-0.2, 0) is 12.0 Å². The van der Waals surface area contributed by atoms with Crippen LogP contribution in [0.25, 0.3) is 11.0 Å². The normalized spacial score (nSPS) is 13.8. The highest BCUT2D eigenvalue weighted by Gasteiger charge is 2.19. The van der Waals surface area contributed by atoms with Crippen molar-refractivity contribution in [2.75, 3.05) is 7.05 Å². The Morgan fingerprint density at radius 1 is 1.23 bits per heavy atom. The number of nitrogens with zero attached hydrogens (tertiary/aromatic N) is 2. The van der Waals surface area contributed by atoms with Crippen molar-refractivity contribution in [1.82, 2.24) is 15.6 Å². The van der Waals surface area contributed by atoms with E-state index >= 15 is 0 Å². The highest BCUT2D eigenvalue weighted by molar-refractivity contribution is 5.81. The van der Waals surface area contributed by atoms with Gasteiger partial charge in [0.2, 0.25) is 5.89 Å². The lowest BCUT2D eigenvalue weighted by molar-refractivity contribution is 0.379. The third-order valence-corrected chi connectivity index (χ3v) is 4.15. The molecule has 6 nitrogen and oxygen atoms in total. The van der Waals surface area contributed by atoms with Crippen LogP contribution in [0.2, 0.25) is 0 Å². The summed E-state index contributed by atoms with van der Waals surface area (Å²) in [4.78, 5) is 8.59. The Balaban J connectivity index is 1.61. The van der Waals surface area contributed by atoms with Gasteiger partial charge in [0.25, 0.3) is 0 Å². The largest absolute Gasteiger partial charge is 0.459 e. The molecule has 0 aliphatic carbocycles. The first kappa shape index (κ1) is 18.0. The molecule has 0 bridgehead atoms. The Hall–Kier alpha value is -2.76. The molecule has 0 fully saturated rings. The number of para-hydroxylation sites is 1. The van der Waals surface area contributed by atoms with Gasteiger partial charge >= 0.3 is 0 Å². The number of furan rings is 1. The standard InChI is InChI=1S/C20H26N4O2/c1-13(16-10-14-8-6-7-9-15(14)25-16)24-19(21-5)23-12-18-22-11-17(26-18)20(2,3)4/h6-11,13H,12H2,1-5H3,(H2,21,23,24). The maximum atomic E-state index is 5.90. The van der Waals surface area contributed by atoms with Crippen molar-refractivity contribution in [2.45, 2.75) is 45.7 Å². The van der Waals surface area contributed by atoms with E-state index in [1.54, 1.807) is 13.2 Å². The Kier molecular flexibility index (Phi) is 5.02. The van der Waals surface area contributed by atoms with Crippen molar-refractivity contribution in [3.05, 3.63) is 53.9 Å². The first-order chi connectivity index (χ1) is 12.4. The summed E-state index contributed by atoms with van der Waals surface area (Å²) >= 11 is 0. The van der Waals surface area contributed by atoms with E-state index in [-0.39, 0.29) is 11.5 Å². The third kappa shape index (κ3) is 4.07. The molecule has 0 radical (unpaired) electrons. The summed E-state index contributed by atoms with van der Waals surface area (Å²) in [7, 11) is 1.73. The summed E-state index contributed by atoms with van der Waals surface area (Å²) in [5.74, 6) is 3.02. The molecule has 2 heterocycles. The highest BCUT2D eigenvalue weighted by atomic mass is 16.4. The van der Waals surface area contributed by atoms with Gasteiger partial charge in [-0.25, -0.2) is 4.98 Å². The average molecular weight is 354 g/mol. The Morgan fingerprint density at radius 2 is 2.00 bits per heavy atom. The van der Waals surface area contributed by atoms with Crippen molar-refractivity contribution in [3.63, 3.8) is 0 Å². The van der Waals surface area contributed by atoms with E-state index in [4.69, 9.17) is 8.83 Å². The number of rotatable bonds is 4. The van der Waals surface area contributed by atoms with E-state index in [9.17, 15) is 0 Å². The van der Waals surface area contributed by atoms with Crippen LogP contribution in [0.15, 0.2) is 50.4 Å². The van der Waals surface area contributed by atoms with Crippen LogP contribution in [0.3, 0.4) is 0 Å². The van der Waals surface area contributed by atoms with Gasteiger partial charge in [0, 0.05) is 17.8 Å². The summed E-state index contributed by atoms with van der Waals surface area (Å²) < 4.78 is 11.7. The summed E-state index contributed by atoms with van der Waals surface area (Å²) in [6.45, 7) is 8.79. The molecular formula is C20H26N4O2. The molecule has 0 saturated carbocycles. The average Bonchev–Trinajstić information content (AvgIpc) is 3.24. The Labute approximate surface area is 153 Å². The number of fused-ring (bicyclic) bond motifs is 1. The number of hydrogen-bond acceptors (Lipinski definition) is 4. The molecule has 3 aromatic rings. The molecule has 26 heavy (non-hydrogen) atoms. The van der Waals surface area contributed by atoms with Gasteiger partial charge in [-0.2, -0.15) is 0 Å². The lowest BCUT2D eigenvalue weighted by atomic mass is 9.94. The third-order valence-electron chi connectivity index (χ3n) is 4.15. The summed E-state index contributed by atoms with van der Waals surface area (Å²) in [5.41, 5.74) is 0.828. The summed E-state index contributed by atoms with van der Waals surface area (Å²) in [6.07, 6.45) is 1.78. The summed E-state index contributed by atoms with van der Waals surface area (Å²) in [6, 6.07) is 10.00. The second-order valence-electron chi connectivity index (χ2n) is 7.35. The number of oxazole rings is 1. The van der Waals surface area contributed by atoms with E-state index < -0.39 is 0 Å². The molecule has 138 valence electrons. The summed E-state index contributed by atoms with van der Waals surface area (Å²) in [5, 5.41) is 7.64. The van der Waals surface area contributed by atoms with Crippen molar-refractivity contribution in [3.8, 4) is 0 Å². The molecule has 0 amide bonds. The molecule has 1 unspecified atom stereocenters. The quantitative estimate of drug-likeness (QED) is 0.544. The predicted molar refractivity (Wildman–Crippen MR) is 103 cm³/mol. The molecule has 0 saturated heterocycles. The molecule has 1 aromatic carbocycles. The van der Waals surface area contributed by atoms with Gasteiger partial charge < -0.3 is 19.5 Å². The van der Waals surface area contributed by atoms with Crippen molar-refractivity contribution < 1.29 is 8.83 Å². The number of guanidine groups is 1. The van der Waals surface area contributed by atoms with E-state index in [2.05, 4.69) is 41.4 Å². The fourth-order valence-corrected chi connectivity index (χ4v) is 2.58. The van der Waals surface area contributed by atoms with Crippen LogP contribution in [-0.4, -0.2) is 18.0 Å². The number of aromatic nitrogens is 1. The Bertz CT molecular complexity index is 869. The van der Waals surface area contributed by atoms with Crippen molar-refractivity contribution in [1.29, 1.82) is 0 Å². The molecule has 0 aliphatic rings. The van der Waals surface area contributed by atoms with Crippen LogP contribution >= 0.6 is 0 Å². The number of aliphatic imine (C=N–C) groups is 1. The molecule has 2 aromatic heterocycles. The number of hydrogen-bond donors (Lipinski definition) is 2. The molecule has 3 rings (SSSR count). The monoisotopic (exact) mass is 354 g/mol. The maximum absolute atomic E-state index is 5.90. The lowest BCUT2D eigenvalue weighted by Crippen LogP contribution is -2.38. The van der Waals surface area contributed by atoms with Gasteiger partial charge in [-0.05, 0) is 19.1 Å². The molecular weight excluding hydrogens is 328 g/mol. The highest BCUT2D eigenvalue weighted by Crippen LogP contribution is 2.24. The van der Waals surface area contributed by atoms with Crippen LogP contribution in [0.1, 0.15) is 51.1 Å². The van der Waals surface area contributed by atoms with Gasteiger partial charge in [0.15, 0.2) is 5.96 Å². The zero-order valence-corrected chi connectivity index (χ0v) is 16.0. The van der Waals surface area contributed by atoms with Gasteiger partial charge in [-0.1, -0.05) is 39.0 Å². The fraction of sp³-hybridized carbons (Fsp3) is 0.400. The Morgan fingerprint density at radius 3 is 2.65 bits per heavy atom. The first-order valence-corrected chi connectivity index (χ1v) is 8.77. The lowest BCUT2D eigenvalue weighted by Gasteiger charge is -2.16.